The zero-order valence-electron chi connectivity index (χ0n) is 12.3. The fourth-order valence-corrected chi connectivity index (χ4v) is 3.11. The van der Waals surface area contributed by atoms with Gasteiger partial charge in [-0.3, -0.25) is 4.79 Å². The molecule has 1 aliphatic carbocycles. The van der Waals surface area contributed by atoms with Crippen molar-refractivity contribution >= 4 is 23.1 Å². The van der Waals surface area contributed by atoms with Crippen LogP contribution in [0.2, 0.25) is 0 Å². The number of hydrogen-bond donors (Lipinski definition) is 3. The molecule has 0 atom stereocenters. The summed E-state index contributed by atoms with van der Waals surface area (Å²) in [5.74, 6) is -0.00197. The van der Waals surface area contributed by atoms with Gasteiger partial charge in [-0.25, -0.2) is 0 Å². The maximum Gasteiger partial charge on any atom is 0.252 e. The first kappa shape index (κ1) is 15.8. The van der Waals surface area contributed by atoms with Crippen LogP contribution in [0.4, 0.5) is 0 Å². The number of nitrogens with one attached hydrogen (secondary N) is 1. The summed E-state index contributed by atoms with van der Waals surface area (Å²) in [4.78, 5) is 12.9. The third-order valence-electron chi connectivity index (χ3n) is 4.24. The second kappa shape index (κ2) is 6.43. The van der Waals surface area contributed by atoms with Crippen LogP contribution in [0, 0.1) is 6.92 Å². The Kier molecular flexibility index (Phi) is 4.83. The third-order valence-corrected chi connectivity index (χ3v) is 4.63. The fraction of sp³-hybridized carbons (Fsp3) is 0.500. The van der Waals surface area contributed by atoms with Gasteiger partial charge in [0.05, 0.1) is 10.5 Å². The molecule has 0 spiro atoms. The van der Waals surface area contributed by atoms with E-state index < -0.39 is 5.54 Å². The molecule has 1 aromatic rings. The number of hydrogen-bond acceptors (Lipinski definition) is 3. The molecule has 21 heavy (non-hydrogen) atoms. The molecule has 0 saturated heterocycles. The molecule has 0 radical (unpaired) electrons. The van der Waals surface area contributed by atoms with E-state index in [2.05, 4.69) is 5.32 Å². The number of nitrogens with two attached hydrogens (primary N) is 1. The summed E-state index contributed by atoms with van der Waals surface area (Å²) >= 11 is 5.23. The molecule has 114 valence electrons. The minimum Gasteiger partial charge on any atom is -0.508 e. The van der Waals surface area contributed by atoms with Crippen molar-refractivity contribution in [1.29, 1.82) is 0 Å². The summed E-state index contributed by atoms with van der Waals surface area (Å²) in [6.45, 7) is 1.76. The third kappa shape index (κ3) is 3.53. The van der Waals surface area contributed by atoms with E-state index in [0.29, 0.717) is 16.1 Å². The minimum absolute atomic E-state index is 0.185. The molecule has 1 fully saturated rings. The highest BCUT2D eigenvalue weighted by molar-refractivity contribution is 7.80. The van der Waals surface area contributed by atoms with Gasteiger partial charge in [-0.15, -0.1) is 0 Å². The Morgan fingerprint density at radius 3 is 2.43 bits per heavy atom. The molecule has 0 bridgehead atoms. The van der Waals surface area contributed by atoms with E-state index >= 15 is 0 Å². The van der Waals surface area contributed by atoms with Crippen molar-refractivity contribution in [2.45, 2.75) is 51.0 Å². The number of rotatable bonds is 3. The highest BCUT2D eigenvalue weighted by Crippen LogP contribution is 2.28. The van der Waals surface area contributed by atoms with Crippen molar-refractivity contribution in [2.75, 3.05) is 0 Å². The summed E-state index contributed by atoms with van der Waals surface area (Å²) in [5.41, 5.74) is 6.55. The van der Waals surface area contributed by atoms with E-state index in [4.69, 9.17) is 18.0 Å². The van der Waals surface area contributed by atoms with Crippen LogP contribution in [0.15, 0.2) is 18.2 Å². The fourth-order valence-electron chi connectivity index (χ4n) is 2.85. The normalized spacial score (nSPS) is 17.8. The molecule has 0 aliphatic heterocycles. The first-order chi connectivity index (χ1) is 9.94. The molecule has 0 unspecified atom stereocenters. The monoisotopic (exact) mass is 306 g/mol. The number of phenols is 1. The van der Waals surface area contributed by atoms with E-state index in [-0.39, 0.29) is 11.7 Å². The Morgan fingerprint density at radius 1 is 1.29 bits per heavy atom. The number of thiocarbonyl (C=S) groups is 1. The molecule has 0 heterocycles. The molecular weight excluding hydrogens is 284 g/mol. The average Bonchev–Trinajstić information content (AvgIpc) is 2.68. The summed E-state index contributed by atoms with van der Waals surface area (Å²) in [5, 5.41) is 12.6. The maximum absolute atomic E-state index is 12.5. The second-order valence-electron chi connectivity index (χ2n) is 5.82. The summed E-state index contributed by atoms with van der Waals surface area (Å²) in [6, 6.07) is 4.82. The van der Waals surface area contributed by atoms with Gasteiger partial charge in [0.25, 0.3) is 5.91 Å². The van der Waals surface area contributed by atoms with Gasteiger partial charge in [-0.05, 0) is 43.5 Å². The summed E-state index contributed by atoms with van der Waals surface area (Å²) in [6.07, 6.45) is 5.94. The molecule has 5 heteroatoms. The van der Waals surface area contributed by atoms with Gasteiger partial charge < -0.3 is 16.2 Å². The Morgan fingerprint density at radius 2 is 1.90 bits per heavy atom. The SMILES string of the molecule is Cc1cc(C(=O)NC2(C(N)=S)CCCCCC2)ccc1O. The van der Waals surface area contributed by atoms with E-state index in [1.165, 1.54) is 6.07 Å². The first-order valence-electron chi connectivity index (χ1n) is 7.37. The Balaban J connectivity index is 2.21. The van der Waals surface area contributed by atoms with Gasteiger partial charge in [0.2, 0.25) is 0 Å². The van der Waals surface area contributed by atoms with Crippen molar-refractivity contribution < 1.29 is 9.90 Å². The van der Waals surface area contributed by atoms with Crippen molar-refractivity contribution in [2.24, 2.45) is 5.73 Å². The predicted molar refractivity (Wildman–Crippen MR) is 87.5 cm³/mol. The lowest BCUT2D eigenvalue weighted by atomic mass is 9.89. The van der Waals surface area contributed by atoms with E-state index in [9.17, 15) is 9.90 Å². The Labute approximate surface area is 130 Å². The lowest BCUT2D eigenvalue weighted by molar-refractivity contribution is 0.0917. The number of aromatic hydroxyl groups is 1. The number of aryl methyl sites for hydroxylation is 1. The number of benzene rings is 1. The van der Waals surface area contributed by atoms with Gasteiger partial charge in [-0.1, -0.05) is 37.9 Å². The molecule has 0 aromatic heterocycles. The molecular formula is C16H22N2O2S. The zero-order valence-corrected chi connectivity index (χ0v) is 13.1. The Bertz CT molecular complexity index is 549. The van der Waals surface area contributed by atoms with Gasteiger partial charge in [0.15, 0.2) is 0 Å². The maximum atomic E-state index is 12.5. The van der Waals surface area contributed by atoms with E-state index in [1.54, 1.807) is 19.1 Å². The number of amides is 1. The smallest absolute Gasteiger partial charge is 0.252 e. The predicted octanol–water partition coefficient (Wildman–Crippen LogP) is 2.81. The summed E-state index contributed by atoms with van der Waals surface area (Å²) in [7, 11) is 0. The van der Waals surface area contributed by atoms with Crippen molar-refractivity contribution in [3.8, 4) is 5.75 Å². The van der Waals surface area contributed by atoms with Gasteiger partial charge in [0, 0.05) is 5.56 Å². The molecule has 1 aromatic carbocycles. The molecule has 1 amide bonds. The number of phenolic OH excluding ortho intramolecular Hbond substituents is 1. The van der Waals surface area contributed by atoms with Gasteiger partial charge in [-0.2, -0.15) is 0 Å². The minimum atomic E-state index is -0.575. The van der Waals surface area contributed by atoms with Crippen molar-refractivity contribution in [3.05, 3.63) is 29.3 Å². The summed E-state index contributed by atoms with van der Waals surface area (Å²) < 4.78 is 0. The lowest BCUT2D eigenvalue weighted by Crippen LogP contribution is -2.56. The Hall–Kier alpha value is -1.62. The highest BCUT2D eigenvalue weighted by Gasteiger charge is 2.35. The van der Waals surface area contributed by atoms with Crippen LogP contribution in [0.1, 0.15) is 54.4 Å². The van der Waals surface area contributed by atoms with Crippen LogP contribution in [-0.2, 0) is 0 Å². The topological polar surface area (TPSA) is 75.4 Å². The largest absolute Gasteiger partial charge is 0.508 e. The van der Waals surface area contributed by atoms with E-state index in [1.807, 2.05) is 0 Å². The van der Waals surface area contributed by atoms with E-state index in [0.717, 1.165) is 38.5 Å². The average molecular weight is 306 g/mol. The zero-order chi connectivity index (χ0) is 15.5. The van der Waals surface area contributed by atoms with Crippen LogP contribution >= 0.6 is 12.2 Å². The second-order valence-corrected chi connectivity index (χ2v) is 6.26. The molecule has 2 rings (SSSR count). The number of carbonyl (C=O) groups excluding carboxylic acids is 1. The lowest BCUT2D eigenvalue weighted by Gasteiger charge is -2.33. The highest BCUT2D eigenvalue weighted by atomic mass is 32.1. The van der Waals surface area contributed by atoms with Gasteiger partial charge in [0.1, 0.15) is 5.75 Å². The van der Waals surface area contributed by atoms with Crippen molar-refractivity contribution in [1.82, 2.24) is 5.32 Å². The van der Waals surface area contributed by atoms with Crippen LogP contribution in [0.3, 0.4) is 0 Å². The van der Waals surface area contributed by atoms with Crippen LogP contribution in [-0.4, -0.2) is 21.5 Å². The number of carbonyl (C=O) groups is 1. The van der Waals surface area contributed by atoms with Crippen LogP contribution in [0.25, 0.3) is 0 Å². The van der Waals surface area contributed by atoms with Crippen molar-refractivity contribution in [3.63, 3.8) is 0 Å². The molecule has 4 N–H and O–H groups in total. The standard InChI is InChI=1S/C16H22N2O2S/c1-11-10-12(6-7-13(11)19)14(20)18-16(15(17)21)8-4-2-3-5-9-16/h6-7,10,19H,2-5,8-9H2,1H3,(H2,17,21)(H,18,20). The van der Waals surface area contributed by atoms with Gasteiger partial charge >= 0.3 is 0 Å². The first-order valence-corrected chi connectivity index (χ1v) is 7.77. The quantitative estimate of drug-likeness (QED) is 0.593. The van der Waals surface area contributed by atoms with Crippen LogP contribution < -0.4 is 11.1 Å². The van der Waals surface area contributed by atoms with Crippen LogP contribution in [0.5, 0.6) is 5.75 Å². The molecule has 4 nitrogen and oxygen atoms in total. The molecule has 1 aliphatic rings. The molecule has 1 saturated carbocycles.